The number of nitrogens with one attached hydrogen (secondary N) is 1. The number of para-hydroxylation sites is 1. The van der Waals surface area contributed by atoms with Gasteiger partial charge in [-0.3, -0.25) is 0 Å². The molecule has 0 saturated carbocycles. The molecule has 0 bridgehead atoms. The van der Waals surface area contributed by atoms with Gasteiger partial charge in [0.25, 0.3) is 0 Å². The number of aromatic hydroxyl groups is 1. The molecule has 0 saturated heterocycles. The Labute approximate surface area is 143 Å². The van der Waals surface area contributed by atoms with E-state index in [2.05, 4.69) is 20.3 Å². The van der Waals surface area contributed by atoms with Crippen LogP contribution in [-0.4, -0.2) is 26.0 Å². The van der Waals surface area contributed by atoms with Gasteiger partial charge >= 0.3 is 5.97 Å². The molecule has 1 aromatic heterocycles. The fourth-order valence-corrected chi connectivity index (χ4v) is 2.02. The summed E-state index contributed by atoms with van der Waals surface area (Å²) < 4.78 is 5.16. The van der Waals surface area contributed by atoms with Gasteiger partial charge in [-0.2, -0.15) is 15.0 Å². The predicted octanol–water partition coefficient (Wildman–Crippen LogP) is 2.26. The minimum Gasteiger partial charge on any atom is -0.508 e. The number of anilines is 3. The fourth-order valence-electron chi connectivity index (χ4n) is 2.02. The number of phenols is 1. The van der Waals surface area contributed by atoms with E-state index in [9.17, 15) is 9.90 Å². The van der Waals surface area contributed by atoms with Gasteiger partial charge in [0.2, 0.25) is 11.9 Å². The van der Waals surface area contributed by atoms with E-state index >= 15 is 0 Å². The summed E-state index contributed by atoms with van der Waals surface area (Å²) in [5.74, 6) is 0.00604. The Bertz CT molecular complexity index is 869. The van der Waals surface area contributed by atoms with Crippen LogP contribution < -0.4 is 11.1 Å². The van der Waals surface area contributed by atoms with Crippen molar-refractivity contribution in [3.8, 4) is 5.75 Å². The first-order valence-electron chi connectivity index (χ1n) is 7.39. The predicted molar refractivity (Wildman–Crippen MR) is 91.2 cm³/mol. The van der Waals surface area contributed by atoms with Gasteiger partial charge in [0.15, 0.2) is 12.4 Å². The highest BCUT2D eigenvalue weighted by Gasteiger charge is 2.10. The number of nitrogen functional groups attached to an aromatic ring is 1. The highest BCUT2D eigenvalue weighted by atomic mass is 16.5. The van der Waals surface area contributed by atoms with E-state index in [-0.39, 0.29) is 30.1 Å². The number of carbonyl (C=O) groups excluding carboxylic acids is 1. The molecule has 126 valence electrons. The van der Waals surface area contributed by atoms with E-state index in [1.807, 2.05) is 30.3 Å². The summed E-state index contributed by atoms with van der Waals surface area (Å²) in [6.45, 7) is -0.157. The molecule has 25 heavy (non-hydrogen) atoms. The van der Waals surface area contributed by atoms with Gasteiger partial charge in [0.1, 0.15) is 5.75 Å². The van der Waals surface area contributed by atoms with Gasteiger partial charge in [0, 0.05) is 5.69 Å². The van der Waals surface area contributed by atoms with Gasteiger partial charge < -0.3 is 20.9 Å². The van der Waals surface area contributed by atoms with Crippen molar-refractivity contribution in [2.24, 2.45) is 0 Å². The number of hydrogen-bond acceptors (Lipinski definition) is 8. The first-order valence-corrected chi connectivity index (χ1v) is 7.39. The monoisotopic (exact) mass is 337 g/mol. The van der Waals surface area contributed by atoms with Crippen molar-refractivity contribution < 1.29 is 14.6 Å². The highest BCUT2D eigenvalue weighted by Crippen LogP contribution is 2.14. The van der Waals surface area contributed by atoms with Gasteiger partial charge in [-0.25, -0.2) is 4.79 Å². The minimum atomic E-state index is -0.559. The third kappa shape index (κ3) is 4.41. The summed E-state index contributed by atoms with van der Waals surface area (Å²) >= 11 is 0. The molecule has 0 atom stereocenters. The molecule has 1 heterocycles. The molecule has 8 nitrogen and oxygen atoms in total. The third-order valence-corrected chi connectivity index (χ3v) is 3.16. The first kappa shape index (κ1) is 16.2. The number of hydrogen-bond donors (Lipinski definition) is 3. The van der Waals surface area contributed by atoms with Crippen LogP contribution in [0.15, 0.2) is 54.6 Å². The summed E-state index contributed by atoms with van der Waals surface area (Å²) in [7, 11) is 0. The molecular weight excluding hydrogens is 322 g/mol. The lowest BCUT2D eigenvalue weighted by atomic mass is 10.2. The molecule has 0 spiro atoms. The van der Waals surface area contributed by atoms with E-state index in [1.54, 1.807) is 0 Å². The zero-order chi connectivity index (χ0) is 17.6. The van der Waals surface area contributed by atoms with Crippen LogP contribution in [0.3, 0.4) is 0 Å². The number of ether oxygens (including phenoxy) is 1. The topological polar surface area (TPSA) is 123 Å². The zero-order valence-corrected chi connectivity index (χ0v) is 13.1. The van der Waals surface area contributed by atoms with Crippen molar-refractivity contribution >= 4 is 23.6 Å². The molecule has 3 aromatic rings. The van der Waals surface area contributed by atoms with Crippen LogP contribution in [0.4, 0.5) is 17.6 Å². The summed E-state index contributed by atoms with van der Waals surface area (Å²) in [5.41, 5.74) is 6.78. The number of rotatable bonds is 5. The molecule has 2 aromatic carbocycles. The summed E-state index contributed by atoms with van der Waals surface area (Å²) in [5, 5.41) is 12.2. The van der Waals surface area contributed by atoms with Gasteiger partial charge in [-0.1, -0.05) is 18.2 Å². The number of carbonyl (C=O) groups is 1. The second kappa shape index (κ2) is 7.26. The molecule has 8 heteroatoms. The second-order valence-electron chi connectivity index (χ2n) is 5.05. The van der Waals surface area contributed by atoms with E-state index in [0.29, 0.717) is 5.56 Å². The van der Waals surface area contributed by atoms with Crippen LogP contribution in [-0.2, 0) is 11.3 Å². The van der Waals surface area contributed by atoms with Crippen LogP contribution in [0.5, 0.6) is 5.75 Å². The number of nitrogens with two attached hydrogens (primary N) is 1. The molecule has 3 rings (SSSR count). The average Bonchev–Trinajstić information content (AvgIpc) is 2.61. The normalized spacial score (nSPS) is 10.2. The van der Waals surface area contributed by atoms with Crippen molar-refractivity contribution in [1.29, 1.82) is 0 Å². The summed E-state index contributed by atoms with van der Waals surface area (Å²) in [6.07, 6.45) is 0. The summed E-state index contributed by atoms with van der Waals surface area (Å²) in [6, 6.07) is 15.1. The van der Waals surface area contributed by atoms with Crippen molar-refractivity contribution in [1.82, 2.24) is 15.0 Å². The lowest BCUT2D eigenvalue weighted by Crippen LogP contribution is -2.11. The fraction of sp³-hybridized carbons (Fsp3) is 0.0588. The number of phenolic OH excluding ortho intramolecular Hbond substituents is 1. The van der Waals surface area contributed by atoms with Crippen molar-refractivity contribution in [3.05, 3.63) is 66.0 Å². The molecule has 0 amide bonds. The highest BCUT2D eigenvalue weighted by molar-refractivity contribution is 5.89. The molecule has 0 fully saturated rings. The van der Waals surface area contributed by atoms with Crippen LogP contribution in [0, 0.1) is 0 Å². The van der Waals surface area contributed by atoms with Crippen LogP contribution in [0.1, 0.15) is 16.2 Å². The Kier molecular flexibility index (Phi) is 4.70. The van der Waals surface area contributed by atoms with E-state index in [0.717, 1.165) is 5.69 Å². The summed E-state index contributed by atoms with van der Waals surface area (Å²) in [4.78, 5) is 24.1. The largest absolute Gasteiger partial charge is 0.508 e. The Hall–Kier alpha value is -3.68. The number of esters is 1. The number of aromatic nitrogens is 3. The average molecular weight is 337 g/mol. The SMILES string of the molecule is Nc1nc(COC(=O)c2ccc(O)cc2)nc(Nc2ccccc2)n1. The van der Waals surface area contributed by atoms with Gasteiger partial charge in [-0.05, 0) is 36.4 Å². The third-order valence-electron chi connectivity index (χ3n) is 3.16. The zero-order valence-electron chi connectivity index (χ0n) is 13.1. The molecular formula is C17H15N5O3. The first-order chi connectivity index (χ1) is 12.1. The molecule has 0 aliphatic rings. The second-order valence-corrected chi connectivity index (χ2v) is 5.05. The number of nitrogens with zero attached hydrogens (tertiary/aromatic N) is 3. The smallest absolute Gasteiger partial charge is 0.338 e. The maximum atomic E-state index is 12.0. The Balaban J connectivity index is 1.68. The van der Waals surface area contributed by atoms with Crippen LogP contribution in [0.25, 0.3) is 0 Å². The Morgan fingerprint density at radius 3 is 2.48 bits per heavy atom. The molecule has 4 N–H and O–H groups in total. The molecule has 0 aliphatic heterocycles. The Morgan fingerprint density at radius 1 is 1.04 bits per heavy atom. The lowest BCUT2D eigenvalue weighted by Gasteiger charge is -2.08. The lowest BCUT2D eigenvalue weighted by molar-refractivity contribution is 0.0462. The molecule has 0 unspecified atom stereocenters. The quantitative estimate of drug-likeness (QED) is 0.606. The van der Waals surface area contributed by atoms with Crippen LogP contribution >= 0.6 is 0 Å². The van der Waals surface area contributed by atoms with E-state index in [4.69, 9.17) is 10.5 Å². The van der Waals surface area contributed by atoms with Crippen molar-refractivity contribution in [3.63, 3.8) is 0 Å². The van der Waals surface area contributed by atoms with Crippen molar-refractivity contribution in [2.45, 2.75) is 6.61 Å². The molecule has 0 radical (unpaired) electrons. The standard InChI is InChI=1S/C17H15N5O3/c18-16-20-14(10-25-15(24)11-6-8-13(23)9-7-11)21-17(22-16)19-12-4-2-1-3-5-12/h1-9,23H,10H2,(H3,18,19,20,21,22). The van der Waals surface area contributed by atoms with Gasteiger partial charge in [0.05, 0.1) is 5.56 Å². The maximum Gasteiger partial charge on any atom is 0.338 e. The van der Waals surface area contributed by atoms with E-state index < -0.39 is 5.97 Å². The molecule has 0 aliphatic carbocycles. The minimum absolute atomic E-state index is 0.0177. The van der Waals surface area contributed by atoms with Crippen molar-refractivity contribution in [2.75, 3.05) is 11.1 Å². The van der Waals surface area contributed by atoms with Gasteiger partial charge in [-0.15, -0.1) is 0 Å². The number of benzene rings is 2. The Morgan fingerprint density at radius 2 is 1.76 bits per heavy atom. The van der Waals surface area contributed by atoms with Crippen LogP contribution in [0.2, 0.25) is 0 Å². The maximum absolute atomic E-state index is 12.0. The van der Waals surface area contributed by atoms with E-state index in [1.165, 1.54) is 24.3 Å².